The third kappa shape index (κ3) is 3.21. The Morgan fingerprint density at radius 1 is 1.38 bits per heavy atom. The summed E-state index contributed by atoms with van der Waals surface area (Å²) in [5.41, 5.74) is 2.42. The van der Waals surface area contributed by atoms with Gasteiger partial charge in [0.2, 0.25) is 5.91 Å². The lowest BCUT2D eigenvalue weighted by atomic mass is 9.92. The summed E-state index contributed by atoms with van der Waals surface area (Å²) in [5.74, 6) is -2.01. The van der Waals surface area contributed by atoms with Crippen LogP contribution in [0.2, 0.25) is 0 Å². The molecule has 1 aromatic carbocycles. The van der Waals surface area contributed by atoms with Gasteiger partial charge in [-0.15, -0.1) is 0 Å². The van der Waals surface area contributed by atoms with E-state index in [0.29, 0.717) is 5.69 Å². The van der Waals surface area contributed by atoms with Crippen LogP contribution < -0.4 is 5.32 Å². The zero-order valence-electron chi connectivity index (χ0n) is 12.3. The molecule has 1 heterocycles. The Hall–Kier alpha value is -2.37. The van der Waals surface area contributed by atoms with Gasteiger partial charge in [0.25, 0.3) is 0 Å². The van der Waals surface area contributed by atoms with Gasteiger partial charge >= 0.3 is 5.97 Å². The monoisotopic (exact) mass is 289 g/mol. The van der Waals surface area contributed by atoms with Crippen molar-refractivity contribution in [1.82, 2.24) is 10.2 Å². The van der Waals surface area contributed by atoms with Gasteiger partial charge in [-0.05, 0) is 30.5 Å². The van der Waals surface area contributed by atoms with Crippen LogP contribution in [0.4, 0.5) is 5.69 Å². The number of rotatable bonds is 5. The van der Waals surface area contributed by atoms with Crippen molar-refractivity contribution < 1.29 is 14.7 Å². The third-order valence-corrected chi connectivity index (χ3v) is 3.68. The van der Waals surface area contributed by atoms with E-state index in [1.807, 2.05) is 13.0 Å². The standard InChI is InChI=1S/C15H19N3O3/c1-8(2)11(15(20)21)6-13(19)17-12-5-4-10-7-16-18-14(10)9(12)3/h4-5,7-8,11H,6H2,1-3H3,(H,16,18)(H,17,19)(H,20,21). The number of carboxylic acid groups (broad SMARTS) is 1. The second-order valence-corrected chi connectivity index (χ2v) is 5.51. The molecule has 3 N–H and O–H groups in total. The molecule has 1 unspecified atom stereocenters. The van der Waals surface area contributed by atoms with Crippen molar-refractivity contribution in [2.75, 3.05) is 5.32 Å². The number of carbonyl (C=O) groups excluding carboxylic acids is 1. The molecule has 0 aliphatic heterocycles. The number of nitrogens with zero attached hydrogens (tertiary/aromatic N) is 1. The molecule has 2 aromatic rings. The Labute approximate surface area is 122 Å². The van der Waals surface area contributed by atoms with E-state index in [2.05, 4.69) is 15.5 Å². The molecule has 112 valence electrons. The number of aromatic amines is 1. The topological polar surface area (TPSA) is 95.1 Å². The smallest absolute Gasteiger partial charge is 0.307 e. The highest BCUT2D eigenvalue weighted by atomic mass is 16.4. The minimum absolute atomic E-state index is 0.0343. The Kier molecular flexibility index (Phi) is 4.26. The second-order valence-electron chi connectivity index (χ2n) is 5.51. The fourth-order valence-electron chi connectivity index (χ4n) is 2.30. The molecule has 0 spiro atoms. The molecule has 0 aliphatic rings. The Morgan fingerprint density at radius 3 is 2.71 bits per heavy atom. The van der Waals surface area contributed by atoms with Crippen LogP contribution in [-0.2, 0) is 9.59 Å². The van der Waals surface area contributed by atoms with Crippen molar-refractivity contribution in [2.45, 2.75) is 27.2 Å². The van der Waals surface area contributed by atoms with Crippen molar-refractivity contribution in [3.63, 3.8) is 0 Å². The van der Waals surface area contributed by atoms with Crippen LogP contribution in [-0.4, -0.2) is 27.2 Å². The third-order valence-electron chi connectivity index (χ3n) is 3.68. The van der Waals surface area contributed by atoms with Crippen LogP contribution in [0.3, 0.4) is 0 Å². The number of anilines is 1. The van der Waals surface area contributed by atoms with E-state index in [0.717, 1.165) is 16.5 Å². The Bertz CT molecular complexity index is 676. The lowest BCUT2D eigenvalue weighted by molar-refractivity contribution is -0.145. The number of nitrogens with one attached hydrogen (secondary N) is 2. The molecule has 1 aromatic heterocycles. The highest BCUT2D eigenvalue weighted by Gasteiger charge is 2.24. The maximum atomic E-state index is 12.1. The van der Waals surface area contributed by atoms with Gasteiger partial charge in [0, 0.05) is 17.5 Å². The number of H-pyrrole nitrogens is 1. The zero-order chi connectivity index (χ0) is 15.6. The van der Waals surface area contributed by atoms with Crippen molar-refractivity contribution in [3.05, 3.63) is 23.9 Å². The van der Waals surface area contributed by atoms with Crippen LogP contribution in [0, 0.1) is 18.8 Å². The molecule has 0 saturated carbocycles. The summed E-state index contributed by atoms with van der Waals surface area (Å²) in [6, 6.07) is 3.66. The number of amides is 1. The van der Waals surface area contributed by atoms with E-state index in [4.69, 9.17) is 5.11 Å². The summed E-state index contributed by atoms with van der Waals surface area (Å²) >= 11 is 0. The first-order valence-electron chi connectivity index (χ1n) is 6.85. The Balaban J connectivity index is 2.14. The number of benzene rings is 1. The van der Waals surface area contributed by atoms with E-state index < -0.39 is 11.9 Å². The number of carboxylic acids is 1. The molecule has 1 atom stereocenters. The number of hydrogen-bond donors (Lipinski definition) is 3. The number of aliphatic carboxylic acids is 1. The molecule has 6 nitrogen and oxygen atoms in total. The molecule has 0 fully saturated rings. The van der Waals surface area contributed by atoms with Gasteiger partial charge in [-0.2, -0.15) is 5.10 Å². The summed E-state index contributed by atoms with van der Waals surface area (Å²) in [5, 5.41) is 19.7. The SMILES string of the molecule is Cc1c(NC(=O)CC(C(=O)O)C(C)C)ccc2cn[nH]c12. The van der Waals surface area contributed by atoms with E-state index in [1.54, 1.807) is 26.1 Å². The number of aryl methyl sites for hydroxylation is 1. The molecule has 0 saturated heterocycles. The predicted octanol–water partition coefficient (Wildman–Crippen LogP) is 2.56. The van der Waals surface area contributed by atoms with Crippen LogP contribution in [0.5, 0.6) is 0 Å². The highest BCUT2D eigenvalue weighted by molar-refractivity contribution is 5.97. The first kappa shape index (κ1) is 15.0. The lowest BCUT2D eigenvalue weighted by Crippen LogP contribution is -2.26. The summed E-state index contributed by atoms with van der Waals surface area (Å²) in [7, 11) is 0. The molecule has 0 aliphatic carbocycles. The lowest BCUT2D eigenvalue weighted by Gasteiger charge is -2.16. The van der Waals surface area contributed by atoms with Crippen molar-refractivity contribution in [1.29, 1.82) is 0 Å². The summed E-state index contributed by atoms with van der Waals surface area (Å²) in [4.78, 5) is 23.2. The average Bonchev–Trinajstić information content (AvgIpc) is 2.87. The second kappa shape index (κ2) is 5.95. The molecule has 0 bridgehead atoms. The van der Waals surface area contributed by atoms with Gasteiger partial charge in [0.15, 0.2) is 0 Å². The fraction of sp³-hybridized carbons (Fsp3) is 0.400. The minimum atomic E-state index is -0.944. The maximum Gasteiger partial charge on any atom is 0.307 e. The summed E-state index contributed by atoms with van der Waals surface area (Å²) in [6.07, 6.45) is 1.68. The Morgan fingerprint density at radius 2 is 2.10 bits per heavy atom. The number of carbonyl (C=O) groups is 2. The zero-order valence-corrected chi connectivity index (χ0v) is 12.3. The number of aromatic nitrogens is 2. The van der Waals surface area contributed by atoms with E-state index in [-0.39, 0.29) is 18.2 Å². The van der Waals surface area contributed by atoms with Gasteiger partial charge in [-0.3, -0.25) is 14.7 Å². The first-order valence-corrected chi connectivity index (χ1v) is 6.85. The van der Waals surface area contributed by atoms with Crippen molar-refractivity contribution in [2.24, 2.45) is 11.8 Å². The predicted molar refractivity (Wildman–Crippen MR) is 80.0 cm³/mol. The van der Waals surface area contributed by atoms with Crippen LogP contribution >= 0.6 is 0 Å². The molecule has 2 rings (SSSR count). The molecule has 21 heavy (non-hydrogen) atoms. The van der Waals surface area contributed by atoms with Gasteiger partial charge in [0.05, 0.1) is 17.6 Å². The van der Waals surface area contributed by atoms with Gasteiger partial charge in [-0.1, -0.05) is 13.8 Å². The molecule has 0 radical (unpaired) electrons. The average molecular weight is 289 g/mol. The van der Waals surface area contributed by atoms with Crippen molar-refractivity contribution >= 4 is 28.5 Å². The summed E-state index contributed by atoms with van der Waals surface area (Å²) < 4.78 is 0. The van der Waals surface area contributed by atoms with E-state index in [1.165, 1.54) is 0 Å². The highest BCUT2D eigenvalue weighted by Crippen LogP contribution is 2.24. The molecule has 6 heteroatoms. The largest absolute Gasteiger partial charge is 0.481 e. The van der Waals surface area contributed by atoms with Crippen LogP contribution in [0.15, 0.2) is 18.3 Å². The molecular formula is C15H19N3O3. The normalized spacial score (nSPS) is 12.6. The van der Waals surface area contributed by atoms with E-state index >= 15 is 0 Å². The fourth-order valence-corrected chi connectivity index (χ4v) is 2.30. The van der Waals surface area contributed by atoms with Gasteiger partial charge in [-0.25, -0.2) is 0 Å². The summed E-state index contributed by atoms with van der Waals surface area (Å²) in [6.45, 7) is 5.48. The quantitative estimate of drug-likeness (QED) is 0.788. The minimum Gasteiger partial charge on any atom is -0.481 e. The number of hydrogen-bond acceptors (Lipinski definition) is 3. The van der Waals surface area contributed by atoms with Crippen molar-refractivity contribution in [3.8, 4) is 0 Å². The van der Waals surface area contributed by atoms with Crippen LogP contribution in [0.25, 0.3) is 10.9 Å². The van der Waals surface area contributed by atoms with Crippen LogP contribution in [0.1, 0.15) is 25.8 Å². The van der Waals surface area contributed by atoms with E-state index in [9.17, 15) is 9.59 Å². The molecular weight excluding hydrogens is 270 g/mol. The maximum absolute atomic E-state index is 12.1. The van der Waals surface area contributed by atoms with Gasteiger partial charge in [0.1, 0.15) is 0 Å². The number of fused-ring (bicyclic) bond motifs is 1. The first-order chi connectivity index (χ1) is 9.90. The molecule has 1 amide bonds. The van der Waals surface area contributed by atoms with Gasteiger partial charge < -0.3 is 10.4 Å².